The number of aliphatic imine (C=N–C) groups is 1. The van der Waals surface area contributed by atoms with E-state index in [0.29, 0.717) is 30.9 Å². The first-order valence-electron chi connectivity index (χ1n) is 12.2. The quantitative estimate of drug-likeness (QED) is 0.0962. The van der Waals surface area contributed by atoms with Crippen LogP contribution < -0.4 is 15.7 Å². The van der Waals surface area contributed by atoms with Gasteiger partial charge in [0.2, 0.25) is 22.3 Å². The summed E-state index contributed by atoms with van der Waals surface area (Å²) in [5.74, 6) is 0.108. The third-order valence-corrected chi connectivity index (χ3v) is 7.83. The predicted octanol–water partition coefficient (Wildman–Crippen LogP) is 2.27. The summed E-state index contributed by atoms with van der Waals surface area (Å²) in [6.45, 7) is 5.07. The Morgan fingerprint density at radius 1 is 1.15 bits per heavy atom. The number of hydrogen-bond donors (Lipinski definition) is 3. The highest BCUT2D eigenvalue weighted by Crippen LogP contribution is 2.22. The van der Waals surface area contributed by atoms with Crippen LogP contribution in [0.2, 0.25) is 0 Å². The highest BCUT2D eigenvalue weighted by Gasteiger charge is 2.22. The molecule has 0 radical (unpaired) electrons. The van der Waals surface area contributed by atoms with Crippen LogP contribution in [0, 0.1) is 0 Å². The number of nitrogens with one attached hydrogen (secondary N) is 2. The summed E-state index contributed by atoms with van der Waals surface area (Å²) in [5.41, 5.74) is 3.87. The van der Waals surface area contributed by atoms with Crippen LogP contribution in [-0.2, 0) is 14.8 Å². The lowest BCUT2D eigenvalue weighted by Crippen LogP contribution is -2.31. The smallest absolute Gasteiger partial charge is 0.243 e. The van der Waals surface area contributed by atoms with E-state index >= 15 is 0 Å². The number of carbonyl (C=O) groups is 1. The number of sulfonamides is 1. The van der Waals surface area contributed by atoms with Gasteiger partial charge in [0.15, 0.2) is 11.5 Å². The van der Waals surface area contributed by atoms with Gasteiger partial charge in [0.05, 0.1) is 16.3 Å². The Kier molecular flexibility index (Phi) is 8.85. The normalized spacial score (nSPS) is 12.2. The fourth-order valence-corrected chi connectivity index (χ4v) is 5.42. The van der Waals surface area contributed by atoms with Crippen LogP contribution in [0.1, 0.15) is 26.0 Å². The molecule has 3 aromatic heterocycles. The fraction of sp³-hybridized carbons (Fsp3) is 0.292. The number of imidazole rings is 1. The number of fused-ring (bicyclic) bond motifs is 1. The standard InChI is InChI=1S/C24H29N9O5S/c1-3-13-33(4-2)39(36,37)20-8-5-18(6-9-20)27-24(28-35)22-23(30-38-29-22)26-12-15-32(17-34)19-7-10-21-25-11-14-31(21)16-19/h5-11,14,16-17,35H,3-4,12-13,15H2,1-2H3,(H,26,30)(H,27,28). The van der Waals surface area contributed by atoms with Crippen molar-refractivity contribution in [2.45, 2.75) is 25.2 Å². The Morgan fingerprint density at radius 3 is 2.64 bits per heavy atom. The Bertz CT molecular complexity index is 1530. The van der Waals surface area contributed by atoms with Crippen molar-refractivity contribution in [3.05, 3.63) is 60.7 Å². The average Bonchev–Trinajstić information content (AvgIpc) is 3.62. The SMILES string of the molecule is CCCN(CC)S(=O)(=O)c1ccc(N=C(NO)c2nonc2NCCN(C=O)c2ccc3nccn3c2)cc1. The molecule has 0 fully saturated rings. The van der Waals surface area contributed by atoms with E-state index in [1.807, 2.05) is 22.9 Å². The van der Waals surface area contributed by atoms with Crippen molar-refractivity contribution in [1.82, 2.24) is 29.5 Å². The molecular formula is C24H29N9O5S. The molecule has 0 spiro atoms. The zero-order valence-electron chi connectivity index (χ0n) is 21.4. The van der Waals surface area contributed by atoms with Crippen LogP contribution in [0.3, 0.4) is 0 Å². The van der Waals surface area contributed by atoms with E-state index in [-0.39, 0.29) is 35.3 Å². The Labute approximate surface area is 224 Å². The molecule has 0 aliphatic rings. The van der Waals surface area contributed by atoms with Crippen molar-refractivity contribution in [2.24, 2.45) is 4.99 Å². The minimum atomic E-state index is -3.62. The van der Waals surface area contributed by atoms with Crippen LogP contribution >= 0.6 is 0 Å². The number of benzene rings is 1. The molecule has 206 valence electrons. The molecule has 0 saturated heterocycles. The molecule has 39 heavy (non-hydrogen) atoms. The Hall–Kier alpha value is -4.34. The molecule has 0 aliphatic heterocycles. The summed E-state index contributed by atoms with van der Waals surface area (Å²) in [6.07, 6.45) is 6.67. The van der Waals surface area contributed by atoms with Gasteiger partial charge >= 0.3 is 0 Å². The van der Waals surface area contributed by atoms with Crippen LogP contribution in [0.4, 0.5) is 17.2 Å². The first-order valence-corrected chi connectivity index (χ1v) is 13.7. The minimum Gasteiger partial charge on any atom is -0.363 e. The van der Waals surface area contributed by atoms with Crippen molar-refractivity contribution in [3.8, 4) is 0 Å². The van der Waals surface area contributed by atoms with E-state index in [4.69, 9.17) is 4.63 Å². The van der Waals surface area contributed by atoms with Crippen LogP contribution in [0.25, 0.3) is 5.65 Å². The van der Waals surface area contributed by atoms with Crippen LogP contribution in [-0.4, -0.2) is 76.1 Å². The van der Waals surface area contributed by atoms with Crippen molar-refractivity contribution in [2.75, 3.05) is 36.4 Å². The third-order valence-electron chi connectivity index (χ3n) is 5.84. The number of carbonyl (C=O) groups excluding carboxylic acids is 1. The number of amidine groups is 1. The molecule has 1 amide bonds. The second-order valence-electron chi connectivity index (χ2n) is 8.33. The maximum Gasteiger partial charge on any atom is 0.243 e. The highest BCUT2D eigenvalue weighted by molar-refractivity contribution is 7.89. The van der Waals surface area contributed by atoms with Gasteiger partial charge in [0, 0.05) is 44.8 Å². The van der Waals surface area contributed by atoms with Crippen molar-refractivity contribution < 1.29 is 23.0 Å². The van der Waals surface area contributed by atoms with Gasteiger partial charge in [-0.3, -0.25) is 15.5 Å². The molecular weight excluding hydrogens is 526 g/mol. The van der Waals surface area contributed by atoms with E-state index in [1.54, 1.807) is 31.6 Å². The lowest BCUT2D eigenvalue weighted by Gasteiger charge is -2.19. The van der Waals surface area contributed by atoms with Crippen LogP contribution in [0.15, 0.2) is 69.5 Å². The molecule has 0 unspecified atom stereocenters. The number of amides is 1. The Balaban J connectivity index is 1.45. The van der Waals surface area contributed by atoms with E-state index in [1.165, 1.54) is 33.5 Å². The van der Waals surface area contributed by atoms with Gasteiger partial charge in [-0.1, -0.05) is 13.8 Å². The van der Waals surface area contributed by atoms with E-state index in [0.717, 1.165) is 12.1 Å². The number of anilines is 2. The van der Waals surface area contributed by atoms with Gasteiger partial charge in [-0.15, -0.1) is 0 Å². The van der Waals surface area contributed by atoms with Crippen LogP contribution in [0.5, 0.6) is 0 Å². The number of nitrogens with zero attached hydrogens (tertiary/aromatic N) is 7. The van der Waals surface area contributed by atoms with Gasteiger partial charge < -0.3 is 14.6 Å². The Morgan fingerprint density at radius 2 is 1.95 bits per heavy atom. The zero-order valence-corrected chi connectivity index (χ0v) is 22.2. The number of rotatable bonds is 13. The van der Waals surface area contributed by atoms with Crippen molar-refractivity contribution >= 4 is 45.1 Å². The van der Waals surface area contributed by atoms with E-state index in [2.05, 4.69) is 25.6 Å². The molecule has 1 aromatic carbocycles. The molecule has 0 atom stereocenters. The number of hydrogen-bond acceptors (Lipinski definition) is 10. The average molecular weight is 556 g/mol. The number of pyridine rings is 1. The summed E-state index contributed by atoms with van der Waals surface area (Å²) >= 11 is 0. The first kappa shape index (κ1) is 27.7. The van der Waals surface area contributed by atoms with Gasteiger partial charge in [0.1, 0.15) is 5.65 Å². The minimum absolute atomic E-state index is 0.0756. The fourth-order valence-electron chi connectivity index (χ4n) is 3.87. The number of hydroxylamine groups is 1. The monoisotopic (exact) mass is 555 g/mol. The molecule has 0 aliphatic carbocycles. The highest BCUT2D eigenvalue weighted by atomic mass is 32.2. The summed E-state index contributed by atoms with van der Waals surface area (Å²) in [5, 5.41) is 20.4. The van der Waals surface area contributed by atoms with E-state index < -0.39 is 10.0 Å². The molecule has 15 heteroatoms. The summed E-state index contributed by atoms with van der Waals surface area (Å²) < 4.78 is 33.7. The third kappa shape index (κ3) is 6.22. The van der Waals surface area contributed by atoms with Gasteiger partial charge in [0.25, 0.3) is 0 Å². The lowest BCUT2D eigenvalue weighted by atomic mass is 10.3. The van der Waals surface area contributed by atoms with Gasteiger partial charge in [-0.2, -0.15) is 4.31 Å². The molecule has 4 rings (SSSR count). The number of aromatic nitrogens is 4. The molecule has 0 bridgehead atoms. The maximum absolute atomic E-state index is 12.9. The predicted molar refractivity (Wildman–Crippen MR) is 144 cm³/mol. The van der Waals surface area contributed by atoms with Crippen molar-refractivity contribution in [3.63, 3.8) is 0 Å². The second kappa shape index (κ2) is 12.5. The summed E-state index contributed by atoms with van der Waals surface area (Å²) in [4.78, 5) is 21.8. The van der Waals surface area contributed by atoms with Gasteiger partial charge in [-0.25, -0.2) is 23.0 Å². The second-order valence-corrected chi connectivity index (χ2v) is 10.3. The molecule has 0 saturated carbocycles. The van der Waals surface area contributed by atoms with Gasteiger partial charge in [-0.05, 0) is 53.1 Å². The molecule has 4 aromatic rings. The largest absolute Gasteiger partial charge is 0.363 e. The summed E-state index contributed by atoms with van der Waals surface area (Å²) in [6, 6.07) is 9.54. The molecule has 3 heterocycles. The van der Waals surface area contributed by atoms with Crippen molar-refractivity contribution in [1.29, 1.82) is 0 Å². The molecule has 3 N–H and O–H groups in total. The molecule has 14 nitrogen and oxygen atoms in total. The maximum atomic E-state index is 12.9. The topological polar surface area (TPSA) is 171 Å². The van der Waals surface area contributed by atoms with E-state index in [9.17, 15) is 18.4 Å². The first-order chi connectivity index (χ1) is 18.9. The zero-order chi connectivity index (χ0) is 27.8. The summed E-state index contributed by atoms with van der Waals surface area (Å²) in [7, 11) is -3.62. The lowest BCUT2D eigenvalue weighted by molar-refractivity contribution is -0.107.